The van der Waals surface area contributed by atoms with Gasteiger partial charge in [0.25, 0.3) is 0 Å². The van der Waals surface area contributed by atoms with Crippen LogP contribution in [-0.2, 0) is 6.18 Å². The van der Waals surface area contributed by atoms with E-state index in [4.69, 9.17) is 9.84 Å². The Hall–Kier alpha value is -1.49. The molecule has 0 aromatic heterocycles. The molecule has 0 saturated heterocycles. The summed E-state index contributed by atoms with van der Waals surface area (Å²) in [5.74, 6) is -0.236. The Morgan fingerprint density at radius 2 is 2.06 bits per heavy atom. The van der Waals surface area contributed by atoms with Crippen LogP contribution in [0, 0.1) is 0 Å². The van der Waals surface area contributed by atoms with E-state index in [1.807, 2.05) is 0 Å². The maximum atomic E-state index is 12.6. The number of halogens is 3. The second-order valence-electron chi connectivity index (χ2n) is 3.01. The number of hydrogen-bond acceptors (Lipinski definition) is 2. The molecule has 0 amide bonds. The lowest BCUT2D eigenvalue weighted by Crippen LogP contribution is -2.08. The second kappa shape index (κ2) is 5.03. The SMILES string of the molecule is COc1c(/C=C/CO)cccc1C(F)(F)F. The van der Waals surface area contributed by atoms with Gasteiger partial charge in [-0.05, 0) is 6.07 Å². The highest BCUT2D eigenvalue weighted by molar-refractivity contribution is 5.60. The first-order valence-corrected chi connectivity index (χ1v) is 4.52. The first-order chi connectivity index (χ1) is 7.50. The standard InChI is InChI=1S/C11H11F3O2/c1-16-10-8(5-3-7-15)4-2-6-9(10)11(12,13)14/h2-6,15H,7H2,1H3/b5-3+. The lowest BCUT2D eigenvalue weighted by atomic mass is 10.1. The summed E-state index contributed by atoms with van der Waals surface area (Å²) < 4.78 is 42.5. The average molecular weight is 232 g/mol. The summed E-state index contributed by atoms with van der Waals surface area (Å²) in [6.07, 6.45) is -1.72. The van der Waals surface area contributed by atoms with Gasteiger partial charge < -0.3 is 9.84 Å². The molecule has 16 heavy (non-hydrogen) atoms. The van der Waals surface area contributed by atoms with Gasteiger partial charge in [-0.25, -0.2) is 0 Å². The minimum absolute atomic E-state index is 0.236. The van der Waals surface area contributed by atoms with Gasteiger partial charge in [-0.15, -0.1) is 0 Å². The van der Waals surface area contributed by atoms with Crippen molar-refractivity contribution < 1.29 is 23.0 Å². The van der Waals surface area contributed by atoms with Crippen molar-refractivity contribution >= 4 is 6.08 Å². The summed E-state index contributed by atoms with van der Waals surface area (Å²) in [4.78, 5) is 0. The van der Waals surface area contributed by atoms with Crippen molar-refractivity contribution in [3.8, 4) is 5.75 Å². The van der Waals surface area contributed by atoms with E-state index in [1.165, 1.54) is 31.4 Å². The fourth-order valence-electron chi connectivity index (χ4n) is 1.32. The van der Waals surface area contributed by atoms with Gasteiger partial charge in [-0.2, -0.15) is 13.2 Å². The van der Waals surface area contributed by atoms with Crippen LogP contribution in [0.4, 0.5) is 13.2 Å². The van der Waals surface area contributed by atoms with Crippen molar-refractivity contribution in [1.82, 2.24) is 0 Å². The molecular weight excluding hydrogens is 221 g/mol. The van der Waals surface area contributed by atoms with Gasteiger partial charge in [-0.1, -0.05) is 24.3 Å². The number of aliphatic hydroxyl groups excluding tert-OH is 1. The Labute approximate surface area is 91.0 Å². The molecule has 1 aromatic rings. The number of alkyl halides is 3. The number of benzene rings is 1. The Kier molecular flexibility index (Phi) is 3.95. The lowest BCUT2D eigenvalue weighted by molar-refractivity contribution is -0.138. The summed E-state index contributed by atoms with van der Waals surface area (Å²) in [6.45, 7) is -0.237. The molecule has 88 valence electrons. The normalized spacial score (nSPS) is 12.1. The van der Waals surface area contributed by atoms with Crippen LogP contribution in [-0.4, -0.2) is 18.8 Å². The molecule has 0 aliphatic rings. The topological polar surface area (TPSA) is 29.5 Å². The molecule has 0 aliphatic heterocycles. The van der Waals surface area contributed by atoms with Gasteiger partial charge >= 0.3 is 6.18 Å². The van der Waals surface area contributed by atoms with E-state index in [9.17, 15) is 13.2 Å². The number of hydrogen-bond donors (Lipinski definition) is 1. The van der Waals surface area contributed by atoms with E-state index in [1.54, 1.807) is 0 Å². The molecule has 5 heteroatoms. The van der Waals surface area contributed by atoms with Crippen molar-refractivity contribution in [2.24, 2.45) is 0 Å². The summed E-state index contributed by atoms with van der Waals surface area (Å²) in [6, 6.07) is 3.73. The molecule has 0 fully saturated rings. The Bertz CT molecular complexity index is 383. The third-order valence-corrected chi connectivity index (χ3v) is 1.96. The molecule has 1 rings (SSSR count). The highest BCUT2D eigenvalue weighted by Gasteiger charge is 2.34. The van der Waals surface area contributed by atoms with E-state index in [2.05, 4.69) is 0 Å². The first kappa shape index (κ1) is 12.6. The Balaban J connectivity index is 3.26. The minimum atomic E-state index is -4.45. The number of aliphatic hydroxyl groups is 1. The summed E-state index contributed by atoms with van der Waals surface area (Å²) in [5, 5.41) is 8.57. The minimum Gasteiger partial charge on any atom is -0.495 e. The molecule has 0 spiro atoms. The molecule has 0 radical (unpaired) electrons. The van der Waals surface area contributed by atoms with Crippen molar-refractivity contribution in [2.75, 3.05) is 13.7 Å². The molecule has 1 aromatic carbocycles. The van der Waals surface area contributed by atoms with Crippen LogP contribution in [0.5, 0.6) is 5.75 Å². The number of rotatable bonds is 3. The monoisotopic (exact) mass is 232 g/mol. The van der Waals surface area contributed by atoms with E-state index in [0.717, 1.165) is 6.07 Å². The Morgan fingerprint density at radius 1 is 1.38 bits per heavy atom. The molecule has 2 nitrogen and oxygen atoms in total. The van der Waals surface area contributed by atoms with Gasteiger partial charge in [0.05, 0.1) is 19.3 Å². The van der Waals surface area contributed by atoms with Crippen LogP contribution in [0.25, 0.3) is 6.08 Å². The second-order valence-corrected chi connectivity index (χ2v) is 3.01. The maximum absolute atomic E-state index is 12.6. The summed E-state index contributed by atoms with van der Waals surface area (Å²) in [5.41, 5.74) is -0.540. The van der Waals surface area contributed by atoms with Crippen molar-refractivity contribution in [3.63, 3.8) is 0 Å². The third kappa shape index (κ3) is 2.76. The van der Waals surface area contributed by atoms with Gasteiger partial charge in [0.1, 0.15) is 5.75 Å². The van der Waals surface area contributed by atoms with Crippen molar-refractivity contribution in [1.29, 1.82) is 0 Å². The molecular formula is C11H11F3O2. The van der Waals surface area contributed by atoms with E-state index in [-0.39, 0.29) is 17.9 Å². The van der Waals surface area contributed by atoms with Crippen LogP contribution >= 0.6 is 0 Å². The molecule has 1 N–H and O–H groups in total. The fraction of sp³-hybridized carbons (Fsp3) is 0.273. The van der Waals surface area contributed by atoms with Gasteiger partial charge in [0, 0.05) is 5.56 Å². The molecule has 0 bridgehead atoms. The smallest absolute Gasteiger partial charge is 0.419 e. The van der Waals surface area contributed by atoms with Gasteiger partial charge in [0.2, 0.25) is 0 Å². The van der Waals surface area contributed by atoms with E-state index < -0.39 is 11.7 Å². The number of methoxy groups -OCH3 is 1. The van der Waals surface area contributed by atoms with Crippen LogP contribution in [0.2, 0.25) is 0 Å². The number of para-hydroxylation sites is 1. The zero-order valence-corrected chi connectivity index (χ0v) is 8.58. The molecule has 0 heterocycles. The van der Waals surface area contributed by atoms with Crippen LogP contribution in [0.3, 0.4) is 0 Å². The van der Waals surface area contributed by atoms with Crippen LogP contribution < -0.4 is 4.74 Å². The Morgan fingerprint density at radius 3 is 2.56 bits per heavy atom. The van der Waals surface area contributed by atoms with Gasteiger partial charge in [0.15, 0.2) is 0 Å². The van der Waals surface area contributed by atoms with Crippen molar-refractivity contribution in [3.05, 3.63) is 35.4 Å². The fourth-order valence-corrected chi connectivity index (χ4v) is 1.32. The first-order valence-electron chi connectivity index (χ1n) is 4.52. The molecule has 0 unspecified atom stereocenters. The highest BCUT2D eigenvalue weighted by Crippen LogP contribution is 2.38. The van der Waals surface area contributed by atoms with E-state index in [0.29, 0.717) is 0 Å². The quantitative estimate of drug-likeness (QED) is 0.868. The summed E-state index contributed by atoms with van der Waals surface area (Å²) in [7, 11) is 1.18. The average Bonchev–Trinajstić information content (AvgIpc) is 2.24. The largest absolute Gasteiger partial charge is 0.495 e. The zero-order chi connectivity index (χ0) is 12.2. The maximum Gasteiger partial charge on any atom is 0.419 e. The summed E-state index contributed by atoms with van der Waals surface area (Å²) >= 11 is 0. The zero-order valence-electron chi connectivity index (χ0n) is 8.58. The highest BCUT2D eigenvalue weighted by atomic mass is 19.4. The number of ether oxygens (including phenoxy) is 1. The lowest BCUT2D eigenvalue weighted by Gasteiger charge is -2.13. The van der Waals surface area contributed by atoms with Gasteiger partial charge in [-0.3, -0.25) is 0 Å². The van der Waals surface area contributed by atoms with E-state index >= 15 is 0 Å². The predicted octanol–water partition coefficient (Wildman–Crippen LogP) is 2.72. The van der Waals surface area contributed by atoms with Crippen LogP contribution in [0.15, 0.2) is 24.3 Å². The third-order valence-electron chi connectivity index (χ3n) is 1.96. The van der Waals surface area contributed by atoms with Crippen LogP contribution in [0.1, 0.15) is 11.1 Å². The molecule has 0 atom stereocenters. The molecule has 0 aliphatic carbocycles. The van der Waals surface area contributed by atoms with Crippen molar-refractivity contribution in [2.45, 2.75) is 6.18 Å². The predicted molar refractivity (Wildman–Crippen MR) is 54.1 cm³/mol. The molecule has 0 saturated carbocycles.